The molecule has 0 aliphatic carbocycles. The lowest BCUT2D eigenvalue weighted by atomic mass is 10.1. The van der Waals surface area contributed by atoms with Gasteiger partial charge in [-0.15, -0.1) is 13.2 Å². The van der Waals surface area contributed by atoms with Crippen LogP contribution < -0.4 is 15.6 Å². The molecule has 0 radical (unpaired) electrons. The van der Waals surface area contributed by atoms with E-state index in [4.69, 9.17) is 4.42 Å². The van der Waals surface area contributed by atoms with E-state index in [0.29, 0.717) is 16.7 Å². The largest absolute Gasteiger partial charge is 0.573 e. The Morgan fingerprint density at radius 3 is 2.52 bits per heavy atom. The molecule has 0 aliphatic rings. The van der Waals surface area contributed by atoms with Crippen molar-refractivity contribution in [3.63, 3.8) is 0 Å². The number of carbonyl (C=O) groups excluding carboxylic acids is 1. The number of amides is 1. The van der Waals surface area contributed by atoms with Crippen molar-refractivity contribution in [1.29, 1.82) is 0 Å². The minimum absolute atomic E-state index is 0.0416. The summed E-state index contributed by atoms with van der Waals surface area (Å²) in [5.74, 6) is -0.885. The third-order valence-corrected chi connectivity index (χ3v) is 4.81. The van der Waals surface area contributed by atoms with Crippen molar-refractivity contribution in [2.75, 3.05) is 5.32 Å². The molecule has 1 N–H and O–H groups in total. The van der Waals surface area contributed by atoms with Crippen molar-refractivity contribution in [3.8, 4) is 5.75 Å². The summed E-state index contributed by atoms with van der Waals surface area (Å²) in [5.41, 5.74) is 3.28. The molecule has 8 heteroatoms. The molecule has 3 aromatic carbocycles. The molecule has 0 fully saturated rings. The molecule has 0 aliphatic heterocycles. The fraction of sp³-hybridized carbons (Fsp3) is 0.120. The van der Waals surface area contributed by atoms with E-state index in [1.807, 2.05) is 26.0 Å². The first-order chi connectivity index (χ1) is 15.7. The first kappa shape index (κ1) is 22.1. The van der Waals surface area contributed by atoms with Crippen molar-refractivity contribution in [2.45, 2.75) is 20.2 Å². The lowest BCUT2D eigenvalue weighted by Crippen LogP contribution is -2.22. The predicted molar refractivity (Wildman–Crippen MR) is 118 cm³/mol. The quantitative estimate of drug-likeness (QED) is 0.388. The Hall–Kier alpha value is -4.07. The molecule has 0 unspecified atom stereocenters. The number of halogens is 3. The van der Waals surface area contributed by atoms with Gasteiger partial charge in [0, 0.05) is 17.1 Å². The second kappa shape index (κ2) is 8.82. The van der Waals surface area contributed by atoms with Crippen LogP contribution in [0.25, 0.3) is 11.0 Å². The van der Waals surface area contributed by atoms with Crippen LogP contribution in [0.2, 0.25) is 0 Å². The van der Waals surface area contributed by atoms with Gasteiger partial charge in [0.25, 0.3) is 5.91 Å². The van der Waals surface area contributed by atoms with Crippen molar-refractivity contribution in [2.24, 2.45) is 4.99 Å². The molecule has 1 aromatic heterocycles. The van der Waals surface area contributed by atoms with Gasteiger partial charge in [-0.1, -0.05) is 42.0 Å². The molecular formula is C25H19F3N2O3. The van der Waals surface area contributed by atoms with E-state index in [2.05, 4.69) is 15.0 Å². The van der Waals surface area contributed by atoms with Crippen LogP contribution >= 0.6 is 0 Å². The van der Waals surface area contributed by atoms with Crippen molar-refractivity contribution >= 4 is 28.3 Å². The number of ether oxygens (including phenoxy) is 1. The Bertz CT molecular complexity index is 1410. The highest BCUT2D eigenvalue weighted by atomic mass is 19.4. The fourth-order valence-electron chi connectivity index (χ4n) is 3.33. The van der Waals surface area contributed by atoms with Gasteiger partial charge in [-0.3, -0.25) is 4.79 Å². The van der Waals surface area contributed by atoms with E-state index >= 15 is 0 Å². The Balaban J connectivity index is 1.80. The Morgan fingerprint density at radius 1 is 0.970 bits per heavy atom. The zero-order chi connectivity index (χ0) is 23.6. The van der Waals surface area contributed by atoms with Gasteiger partial charge >= 0.3 is 6.36 Å². The van der Waals surface area contributed by atoms with Crippen molar-refractivity contribution < 1.29 is 27.1 Å². The molecule has 33 heavy (non-hydrogen) atoms. The zero-order valence-electron chi connectivity index (χ0n) is 17.7. The molecule has 1 heterocycles. The number of para-hydroxylation sites is 1. The SMILES string of the molecule is Cc1ccc(NC(=O)c2cc3ccccc3oc2=Nc2cccc(OC(F)(F)F)c2)c(C)c1. The van der Waals surface area contributed by atoms with Gasteiger partial charge in [0.1, 0.15) is 16.9 Å². The first-order valence-electron chi connectivity index (χ1n) is 10.00. The molecule has 168 valence electrons. The highest BCUT2D eigenvalue weighted by Crippen LogP contribution is 2.26. The number of carbonyl (C=O) groups is 1. The Morgan fingerprint density at radius 2 is 1.76 bits per heavy atom. The maximum Gasteiger partial charge on any atom is 0.573 e. The molecule has 1 amide bonds. The van der Waals surface area contributed by atoms with Gasteiger partial charge in [0.2, 0.25) is 5.55 Å². The van der Waals surface area contributed by atoms with E-state index < -0.39 is 18.0 Å². The predicted octanol–water partition coefficient (Wildman–Crippen LogP) is 6.43. The average Bonchev–Trinajstić information content (AvgIpc) is 2.74. The minimum atomic E-state index is -4.83. The van der Waals surface area contributed by atoms with Crippen LogP contribution in [-0.4, -0.2) is 12.3 Å². The van der Waals surface area contributed by atoms with Crippen LogP contribution in [0.1, 0.15) is 21.5 Å². The van der Waals surface area contributed by atoms with Gasteiger partial charge in [-0.25, -0.2) is 4.99 Å². The summed E-state index contributed by atoms with van der Waals surface area (Å²) in [6, 6.07) is 19.5. The number of anilines is 1. The topological polar surface area (TPSA) is 63.8 Å². The van der Waals surface area contributed by atoms with Gasteiger partial charge in [-0.2, -0.15) is 0 Å². The third-order valence-electron chi connectivity index (χ3n) is 4.81. The highest BCUT2D eigenvalue weighted by Gasteiger charge is 2.31. The van der Waals surface area contributed by atoms with E-state index in [9.17, 15) is 18.0 Å². The van der Waals surface area contributed by atoms with Crippen molar-refractivity contribution in [3.05, 3.63) is 95.0 Å². The van der Waals surface area contributed by atoms with Crippen LogP contribution in [0.3, 0.4) is 0 Å². The summed E-state index contributed by atoms with van der Waals surface area (Å²) in [4.78, 5) is 17.5. The molecule has 4 aromatic rings. The molecule has 0 atom stereocenters. The van der Waals surface area contributed by atoms with Crippen LogP contribution in [0, 0.1) is 13.8 Å². The van der Waals surface area contributed by atoms with Crippen LogP contribution in [0.15, 0.2) is 82.2 Å². The van der Waals surface area contributed by atoms with Gasteiger partial charge in [0.15, 0.2) is 0 Å². The summed E-state index contributed by atoms with van der Waals surface area (Å²) in [5, 5.41) is 3.53. The summed E-state index contributed by atoms with van der Waals surface area (Å²) in [6.45, 7) is 3.83. The number of hydrogen-bond acceptors (Lipinski definition) is 4. The summed E-state index contributed by atoms with van der Waals surface area (Å²) < 4.78 is 47.6. The maximum absolute atomic E-state index is 13.2. The van der Waals surface area contributed by atoms with E-state index in [1.165, 1.54) is 12.1 Å². The second-order valence-electron chi connectivity index (χ2n) is 7.43. The smallest absolute Gasteiger partial charge is 0.438 e. The van der Waals surface area contributed by atoms with Crippen molar-refractivity contribution in [1.82, 2.24) is 0 Å². The van der Waals surface area contributed by atoms with E-state index in [1.54, 1.807) is 36.4 Å². The highest BCUT2D eigenvalue weighted by molar-refractivity contribution is 6.05. The molecule has 0 bridgehead atoms. The summed E-state index contributed by atoms with van der Waals surface area (Å²) in [6.07, 6.45) is -4.83. The summed E-state index contributed by atoms with van der Waals surface area (Å²) in [7, 11) is 0. The normalized spacial score (nSPS) is 12.1. The minimum Gasteiger partial charge on any atom is -0.438 e. The molecule has 0 saturated carbocycles. The van der Waals surface area contributed by atoms with Gasteiger partial charge in [-0.05, 0) is 49.7 Å². The standard InChI is InChI=1S/C25H19F3N2O3/c1-15-10-11-21(16(2)12-15)30-23(31)20-13-17-6-3-4-9-22(17)32-24(20)29-18-7-5-8-19(14-18)33-25(26,27)28/h3-14H,1-2H3,(H,30,31). The molecule has 0 saturated heterocycles. The van der Waals surface area contributed by atoms with Crippen LogP contribution in [0.5, 0.6) is 5.75 Å². The molecule has 0 spiro atoms. The number of nitrogens with one attached hydrogen (secondary N) is 1. The monoisotopic (exact) mass is 452 g/mol. The lowest BCUT2D eigenvalue weighted by Gasteiger charge is -2.10. The number of nitrogens with zero attached hydrogens (tertiary/aromatic N) is 1. The first-order valence-corrected chi connectivity index (χ1v) is 10.00. The number of benzene rings is 3. The maximum atomic E-state index is 13.2. The van der Waals surface area contributed by atoms with E-state index in [0.717, 1.165) is 23.3 Å². The number of rotatable bonds is 4. The fourth-order valence-corrected chi connectivity index (χ4v) is 3.33. The zero-order valence-corrected chi connectivity index (χ0v) is 17.7. The average molecular weight is 452 g/mol. The Labute approximate surface area is 187 Å². The second-order valence-corrected chi connectivity index (χ2v) is 7.43. The number of hydrogen-bond donors (Lipinski definition) is 1. The van der Waals surface area contributed by atoms with Crippen LogP contribution in [0.4, 0.5) is 24.5 Å². The lowest BCUT2D eigenvalue weighted by molar-refractivity contribution is -0.274. The van der Waals surface area contributed by atoms with Gasteiger partial charge < -0.3 is 14.5 Å². The van der Waals surface area contributed by atoms with E-state index in [-0.39, 0.29) is 16.8 Å². The number of aryl methyl sites for hydroxylation is 2. The van der Waals surface area contributed by atoms with Crippen LogP contribution in [-0.2, 0) is 0 Å². The molecule has 4 rings (SSSR count). The number of fused-ring (bicyclic) bond motifs is 1. The molecular weight excluding hydrogens is 433 g/mol. The summed E-state index contributed by atoms with van der Waals surface area (Å²) >= 11 is 0. The van der Waals surface area contributed by atoms with Gasteiger partial charge in [0.05, 0.1) is 5.69 Å². The molecule has 5 nitrogen and oxygen atoms in total. The number of alkyl halides is 3. The Kier molecular flexibility index (Phi) is 5.91. The third kappa shape index (κ3) is 5.41.